The molecule has 0 unspecified atom stereocenters. The number of nitrogens with one attached hydrogen (secondary N) is 1. The standard InChI is InChI=1S/C29H30N4O5/c1-15(2)19(13-16(3)34)24-31-21-11-7-5-9-18(21)26(36)32(24)23-14-29(38-27(23)37)20-10-6-8-12-22(20)33-25(35)17(4)30-28(29)33/h5-12,15,17,19,23,28,30H,13-14H2,1-4H3/t17-,19-,23+,28+,29-/m0/s1. The zero-order chi connectivity index (χ0) is 26.9. The number of fused-ring (bicyclic) bond motifs is 6. The lowest BCUT2D eigenvalue weighted by Crippen LogP contribution is -2.49. The Morgan fingerprint density at radius 1 is 1.13 bits per heavy atom. The average Bonchev–Trinajstić information content (AvgIpc) is 3.47. The largest absolute Gasteiger partial charge is 0.449 e. The molecule has 1 N–H and O–H groups in total. The van der Waals surface area contributed by atoms with Crippen molar-refractivity contribution in [3.05, 3.63) is 70.3 Å². The molecule has 3 aromatic rings. The fourth-order valence-electron chi connectivity index (χ4n) is 6.36. The van der Waals surface area contributed by atoms with Crippen molar-refractivity contribution in [1.29, 1.82) is 0 Å². The minimum Gasteiger partial charge on any atom is -0.449 e. The quantitative estimate of drug-likeness (QED) is 0.521. The van der Waals surface area contributed by atoms with Crippen LogP contribution in [0.15, 0.2) is 53.3 Å². The van der Waals surface area contributed by atoms with Gasteiger partial charge in [0.05, 0.1) is 22.6 Å². The van der Waals surface area contributed by atoms with Crippen LogP contribution in [-0.2, 0) is 24.7 Å². The number of nitrogens with zero attached hydrogens (tertiary/aromatic N) is 3. The number of aromatic nitrogens is 2. The third-order valence-electron chi connectivity index (χ3n) is 8.18. The molecule has 0 bridgehead atoms. The number of amides is 1. The number of hydrogen-bond acceptors (Lipinski definition) is 7. The Kier molecular flexibility index (Phi) is 5.54. The molecule has 1 spiro atoms. The van der Waals surface area contributed by atoms with E-state index in [1.54, 1.807) is 30.0 Å². The first-order valence-corrected chi connectivity index (χ1v) is 13.1. The molecular weight excluding hydrogens is 484 g/mol. The van der Waals surface area contributed by atoms with E-state index >= 15 is 0 Å². The van der Waals surface area contributed by atoms with Crippen molar-refractivity contribution < 1.29 is 19.1 Å². The van der Waals surface area contributed by atoms with Gasteiger partial charge in [0.15, 0.2) is 5.60 Å². The summed E-state index contributed by atoms with van der Waals surface area (Å²) in [6, 6.07) is 13.1. The van der Waals surface area contributed by atoms with Crippen LogP contribution in [0.2, 0.25) is 0 Å². The van der Waals surface area contributed by atoms with Crippen molar-refractivity contribution in [2.75, 3.05) is 4.90 Å². The molecule has 38 heavy (non-hydrogen) atoms. The lowest BCUT2D eigenvalue weighted by molar-refractivity contribution is -0.152. The first kappa shape index (κ1) is 24.5. The highest BCUT2D eigenvalue weighted by atomic mass is 16.6. The lowest BCUT2D eigenvalue weighted by Gasteiger charge is -2.30. The lowest BCUT2D eigenvalue weighted by atomic mass is 9.87. The summed E-state index contributed by atoms with van der Waals surface area (Å²) < 4.78 is 7.66. The number of esters is 1. The smallest absolute Gasteiger partial charge is 0.330 e. The zero-order valence-electron chi connectivity index (χ0n) is 21.8. The number of carbonyl (C=O) groups is 3. The van der Waals surface area contributed by atoms with Gasteiger partial charge in [-0.05, 0) is 38.0 Å². The summed E-state index contributed by atoms with van der Waals surface area (Å²) >= 11 is 0. The number of carbonyl (C=O) groups excluding carboxylic acids is 3. The first-order valence-electron chi connectivity index (χ1n) is 13.1. The summed E-state index contributed by atoms with van der Waals surface area (Å²) in [5.41, 5.74) is 0.462. The van der Waals surface area contributed by atoms with Gasteiger partial charge in [-0.3, -0.25) is 24.4 Å². The van der Waals surface area contributed by atoms with Crippen LogP contribution in [0.25, 0.3) is 10.9 Å². The van der Waals surface area contributed by atoms with Gasteiger partial charge in [0.25, 0.3) is 5.56 Å². The number of anilines is 1. The second kappa shape index (κ2) is 8.59. The van der Waals surface area contributed by atoms with Gasteiger partial charge >= 0.3 is 5.97 Å². The fourth-order valence-corrected chi connectivity index (χ4v) is 6.36. The van der Waals surface area contributed by atoms with E-state index in [1.807, 2.05) is 44.2 Å². The van der Waals surface area contributed by atoms with Crippen LogP contribution in [0.4, 0.5) is 5.69 Å². The molecule has 0 saturated carbocycles. The van der Waals surface area contributed by atoms with E-state index in [4.69, 9.17) is 9.72 Å². The number of para-hydroxylation sites is 2. The summed E-state index contributed by atoms with van der Waals surface area (Å²) in [5.74, 6) is -0.641. The predicted octanol–water partition coefficient (Wildman–Crippen LogP) is 3.16. The molecule has 3 aliphatic rings. The van der Waals surface area contributed by atoms with E-state index in [0.717, 1.165) is 5.56 Å². The van der Waals surface area contributed by atoms with E-state index in [0.29, 0.717) is 22.4 Å². The predicted molar refractivity (Wildman–Crippen MR) is 141 cm³/mol. The van der Waals surface area contributed by atoms with Gasteiger partial charge in [-0.25, -0.2) is 9.78 Å². The summed E-state index contributed by atoms with van der Waals surface area (Å²) in [6.45, 7) is 7.27. The molecule has 2 fully saturated rings. The maximum atomic E-state index is 14.0. The molecule has 4 heterocycles. The van der Waals surface area contributed by atoms with Crippen molar-refractivity contribution in [3.8, 4) is 0 Å². The average molecular weight is 515 g/mol. The zero-order valence-corrected chi connectivity index (χ0v) is 21.8. The minimum atomic E-state index is -1.16. The summed E-state index contributed by atoms with van der Waals surface area (Å²) in [4.78, 5) is 59.6. The molecule has 1 amide bonds. The van der Waals surface area contributed by atoms with E-state index in [-0.39, 0.29) is 41.9 Å². The molecule has 9 nitrogen and oxygen atoms in total. The number of ketones is 1. The Labute approximate surface area is 219 Å². The summed E-state index contributed by atoms with van der Waals surface area (Å²) in [5, 5.41) is 3.71. The Morgan fingerprint density at radius 3 is 2.58 bits per heavy atom. The van der Waals surface area contributed by atoms with Crippen molar-refractivity contribution in [2.45, 2.75) is 70.3 Å². The van der Waals surface area contributed by atoms with Crippen molar-refractivity contribution in [1.82, 2.24) is 14.9 Å². The van der Waals surface area contributed by atoms with Crippen LogP contribution in [0, 0.1) is 5.92 Å². The van der Waals surface area contributed by atoms with E-state index in [9.17, 15) is 19.2 Å². The number of benzene rings is 2. The molecule has 2 aromatic carbocycles. The molecule has 5 atom stereocenters. The number of rotatable bonds is 5. The van der Waals surface area contributed by atoms with Gasteiger partial charge in [-0.15, -0.1) is 0 Å². The van der Waals surface area contributed by atoms with Gasteiger partial charge in [-0.2, -0.15) is 0 Å². The van der Waals surface area contributed by atoms with Gasteiger partial charge < -0.3 is 9.53 Å². The Hall–Kier alpha value is -3.85. The maximum absolute atomic E-state index is 14.0. The van der Waals surface area contributed by atoms with Crippen molar-refractivity contribution in [2.24, 2.45) is 5.92 Å². The highest BCUT2D eigenvalue weighted by Gasteiger charge is 2.64. The van der Waals surface area contributed by atoms with Crippen molar-refractivity contribution in [3.63, 3.8) is 0 Å². The second-order valence-corrected chi connectivity index (χ2v) is 11.0. The topological polar surface area (TPSA) is 111 Å². The third-order valence-corrected chi connectivity index (χ3v) is 8.18. The van der Waals surface area contributed by atoms with Crippen LogP contribution in [-0.4, -0.2) is 39.4 Å². The van der Waals surface area contributed by atoms with Crippen LogP contribution < -0.4 is 15.8 Å². The van der Waals surface area contributed by atoms with Gasteiger partial charge in [0, 0.05) is 24.3 Å². The molecule has 1 aromatic heterocycles. The van der Waals surface area contributed by atoms with Gasteiger partial charge in [-0.1, -0.05) is 44.2 Å². The van der Waals surface area contributed by atoms with Crippen LogP contribution in [0.1, 0.15) is 63.9 Å². The number of ether oxygens (including phenoxy) is 1. The minimum absolute atomic E-state index is 0.0118. The summed E-state index contributed by atoms with van der Waals surface area (Å²) in [6.07, 6.45) is -0.237. The molecule has 9 heteroatoms. The third kappa shape index (κ3) is 3.37. The first-order chi connectivity index (χ1) is 18.1. The normalized spacial score (nSPS) is 26.8. The SMILES string of the molecule is CC(=O)C[C@H](c1nc2ccccc2c(=O)n1[C@@H]1C[C@]2(OC1=O)c1ccccc1N1C(=O)[C@H](C)N[C@H]12)C(C)C. The van der Waals surface area contributed by atoms with Crippen LogP contribution >= 0.6 is 0 Å². The highest BCUT2D eigenvalue weighted by Crippen LogP contribution is 2.55. The van der Waals surface area contributed by atoms with Gasteiger partial charge in [0.1, 0.15) is 23.8 Å². The molecule has 6 rings (SSSR count). The molecule has 3 aliphatic heterocycles. The second-order valence-electron chi connectivity index (χ2n) is 11.0. The Bertz CT molecular complexity index is 1560. The number of Topliss-reactive ketones (excluding diaryl/α,β-unsaturated/α-hetero) is 1. The molecule has 196 valence electrons. The monoisotopic (exact) mass is 514 g/mol. The van der Waals surface area contributed by atoms with E-state index < -0.39 is 29.8 Å². The van der Waals surface area contributed by atoms with E-state index in [1.165, 1.54) is 11.5 Å². The fraction of sp³-hybridized carbons (Fsp3) is 0.414. The molecule has 0 aliphatic carbocycles. The highest BCUT2D eigenvalue weighted by molar-refractivity contribution is 6.03. The van der Waals surface area contributed by atoms with Crippen LogP contribution in [0.3, 0.4) is 0 Å². The van der Waals surface area contributed by atoms with Gasteiger partial charge in [0.2, 0.25) is 5.91 Å². The maximum Gasteiger partial charge on any atom is 0.330 e. The molecular formula is C29H30N4O5. The molecule has 2 saturated heterocycles. The van der Waals surface area contributed by atoms with Crippen molar-refractivity contribution >= 4 is 34.3 Å². The molecule has 0 radical (unpaired) electrons. The Balaban J connectivity index is 1.55. The van der Waals surface area contributed by atoms with Crippen LogP contribution in [0.5, 0.6) is 0 Å². The Morgan fingerprint density at radius 2 is 1.84 bits per heavy atom. The summed E-state index contributed by atoms with van der Waals surface area (Å²) in [7, 11) is 0. The number of hydrogen-bond donors (Lipinski definition) is 1. The van der Waals surface area contributed by atoms with E-state index in [2.05, 4.69) is 5.32 Å².